The molecule has 2 aromatic carbocycles. The number of aliphatic hydroxyl groups excluding tert-OH is 1. The van der Waals surface area contributed by atoms with Gasteiger partial charge in [0.2, 0.25) is 11.7 Å². The minimum atomic E-state index is -1.29. The molecule has 1 amide bonds. The molecule has 0 aromatic heterocycles. The van der Waals surface area contributed by atoms with Crippen molar-refractivity contribution in [2.75, 3.05) is 20.3 Å². The standard InChI is InChI=1S/C25H28N2O7/c1-17(28)27(15-18-9-5-3-6-10-18)20(13-26-14-22(30)32-2)23(31)24-21(29)16-33-25(34-24)19-11-7-4-8-12-19/h3-13,21,24-26,29H,14-16H2,1-2H3/b20-13-/t21-,24-,25-/m1/s1. The summed E-state index contributed by atoms with van der Waals surface area (Å²) in [6.45, 7) is 1.10. The first-order valence-corrected chi connectivity index (χ1v) is 10.8. The van der Waals surface area contributed by atoms with E-state index in [1.807, 2.05) is 48.5 Å². The SMILES string of the molecule is COC(=O)CN/C=C(/C(=O)[C@@H]1O[C@H](c2ccccc2)OC[C@H]1O)N(Cc1ccccc1)C(C)=O. The fraction of sp³-hybridized carbons (Fsp3) is 0.320. The van der Waals surface area contributed by atoms with E-state index in [0.29, 0.717) is 5.56 Å². The van der Waals surface area contributed by atoms with Crippen LogP contribution in [0.2, 0.25) is 0 Å². The van der Waals surface area contributed by atoms with Crippen molar-refractivity contribution < 1.29 is 33.7 Å². The van der Waals surface area contributed by atoms with E-state index in [-0.39, 0.29) is 25.4 Å². The summed E-state index contributed by atoms with van der Waals surface area (Å²) in [4.78, 5) is 39.0. The molecule has 0 unspecified atom stereocenters. The Kier molecular flexibility index (Phi) is 8.92. The maximum absolute atomic E-state index is 13.6. The Morgan fingerprint density at radius 3 is 2.38 bits per heavy atom. The summed E-state index contributed by atoms with van der Waals surface area (Å²) < 4.78 is 16.0. The maximum Gasteiger partial charge on any atom is 0.325 e. The third-order valence-corrected chi connectivity index (χ3v) is 5.19. The highest BCUT2D eigenvalue weighted by Crippen LogP contribution is 2.28. The number of hydrogen-bond acceptors (Lipinski definition) is 8. The van der Waals surface area contributed by atoms with E-state index in [0.717, 1.165) is 5.56 Å². The lowest BCUT2D eigenvalue weighted by molar-refractivity contribution is -0.250. The molecule has 0 spiro atoms. The molecule has 3 atom stereocenters. The van der Waals surface area contributed by atoms with Gasteiger partial charge in [-0.1, -0.05) is 60.7 Å². The van der Waals surface area contributed by atoms with Crippen molar-refractivity contribution in [3.05, 3.63) is 83.7 Å². The van der Waals surface area contributed by atoms with E-state index >= 15 is 0 Å². The maximum atomic E-state index is 13.6. The number of ether oxygens (including phenoxy) is 3. The first-order chi connectivity index (χ1) is 16.4. The van der Waals surface area contributed by atoms with Crippen LogP contribution in [0.4, 0.5) is 0 Å². The third kappa shape index (κ3) is 6.50. The van der Waals surface area contributed by atoms with E-state index < -0.39 is 36.2 Å². The Labute approximate surface area is 197 Å². The Morgan fingerprint density at radius 1 is 1.12 bits per heavy atom. The lowest BCUT2D eigenvalue weighted by Gasteiger charge is -2.35. The van der Waals surface area contributed by atoms with Crippen LogP contribution in [-0.2, 0) is 35.1 Å². The predicted molar refractivity (Wildman–Crippen MR) is 122 cm³/mol. The van der Waals surface area contributed by atoms with Crippen LogP contribution in [-0.4, -0.2) is 60.1 Å². The molecule has 180 valence electrons. The molecule has 1 aliphatic rings. The normalized spacial score (nSPS) is 20.3. The molecule has 1 heterocycles. The summed E-state index contributed by atoms with van der Waals surface area (Å²) >= 11 is 0. The lowest BCUT2D eigenvalue weighted by Crippen LogP contribution is -2.48. The summed E-state index contributed by atoms with van der Waals surface area (Å²) in [7, 11) is 1.24. The van der Waals surface area contributed by atoms with Crippen molar-refractivity contribution in [2.45, 2.75) is 32.0 Å². The number of carbonyl (C=O) groups excluding carboxylic acids is 3. The zero-order valence-corrected chi connectivity index (χ0v) is 19.0. The van der Waals surface area contributed by atoms with Crippen molar-refractivity contribution in [3.8, 4) is 0 Å². The van der Waals surface area contributed by atoms with Gasteiger partial charge in [-0.15, -0.1) is 0 Å². The highest BCUT2D eigenvalue weighted by Gasteiger charge is 2.39. The highest BCUT2D eigenvalue weighted by atomic mass is 16.7. The van der Waals surface area contributed by atoms with E-state index in [2.05, 4.69) is 10.1 Å². The van der Waals surface area contributed by atoms with Crippen molar-refractivity contribution in [3.63, 3.8) is 0 Å². The minimum Gasteiger partial charge on any atom is -0.468 e. The molecule has 1 saturated heterocycles. The number of benzene rings is 2. The molecule has 34 heavy (non-hydrogen) atoms. The average Bonchev–Trinajstić information content (AvgIpc) is 2.86. The molecule has 0 bridgehead atoms. The number of esters is 1. The first kappa shape index (κ1) is 25.1. The van der Waals surface area contributed by atoms with Gasteiger partial charge in [0.15, 0.2) is 12.4 Å². The van der Waals surface area contributed by atoms with Crippen molar-refractivity contribution in [1.82, 2.24) is 10.2 Å². The van der Waals surface area contributed by atoms with Crippen LogP contribution in [0.1, 0.15) is 24.3 Å². The first-order valence-electron chi connectivity index (χ1n) is 10.8. The molecule has 1 aliphatic heterocycles. The minimum absolute atomic E-state index is 0.0574. The number of hydrogen-bond donors (Lipinski definition) is 2. The molecule has 9 heteroatoms. The van der Waals surface area contributed by atoms with Crippen LogP contribution in [0.3, 0.4) is 0 Å². The number of nitrogens with zero attached hydrogens (tertiary/aromatic N) is 1. The van der Waals surface area contributed by atoms with Gasteiger partial charge in [-0.25, -0.2) is 0 Å². The monoisotopic (exact) mass is 468 g/mol. The largest absolute Gasteiger partial charge is 0.468 e. The van der Waals surface area contributed by atoms with Gasteiger partial charge in [0.25, 0.3) is 0 Å². The topological polar surface area (TPSA) is 114 Å². The molecule has 9 nitrogen and oxygen atoms in total. The number of amides is 1. The summed E-state index contributed by atoms with van der Waals surface area (Å²) in [6, 6.07) is 18.2. The van der Waals surface area contributed by atoms with Gasteiger partial charge < -0.3 is 29.5 Å². The van der Waals surface area contributed by atoms with Gasteiger partial charge in [0.05, 0.1) is 20.3 Å². The van der Waals surface area contributed by atoms with Gasteiger partial charge in [-0.2, -0.15) is 0 Å². The number of rotatable bonds is 9. The number of methoxy groups -OCH3 is 1. The molecule has 3 rings (SSSR count). The summed E-state index contributed by atoms with van der Waals surface area (Å²) in [5.41, 5.74) is 1.42. The summed E-state index contributed by atoms with van der Waals surface area (Å²) in [5, 5.41) is 13.2. The van der Waals surface area contributed by atoms with Crippen LogP contribution < -0.4 is 5.32 Å². The lowest BCUT2D eigenvalue weighted by atomic mass is 10.0. The molecular weight excluding hydrogens is 440 g/mol. The molecule has 2 aromatic rings. The second-order valence-corrected chi connectivity index (χ2v) is 7.64. The van der Waals surface area contributed by atoms with E-state index in [9.17, 15) is 19.5 Å². The Bertz CT molecular complexity index is 1010. The molecule has 0 saturated carbocycles. The fourth-order valence-corrected chi connectivity index (χ4v) is 3.42. The quantitative estimate of drug-likeness (QED) is 0.422. The second kappa shape index (κ2) is 12.1. The molecule has 1 fully saturated rings. The van der Waals surface area contributed by atoms with E-state index in [4.69, 9.17) is 9.47 Å². The van der Waals surface area contributed by atoms with Crippen LogP contribution in [0, 0.1) is 0 Å². The van der Waals surface area contributed by atoms with Crippen molar-refractivity contribution in [2.24, 2.45) is 0 Å². The number of carbonyl (C=O) groups is 3. The Morgan fingerprint density at radius 2 is 1.76 bits per heavy atom. The van der Waals surface area contributed by atoms with Crippen molar-refractivity contribution in [1.29, 1.82) is 0 Å². The smallest absolute Gasteiger partial charge is 0.325 e. The third-order valence-electron chi connectivity index (χ3n) is 5.19. The zero-order valence-electron chi connectivity index (χ0n) is 19.0. The van der Waals surface area contributed by atoms with Crippen molar-refractivity contribution >= 4 is 17.7 Å². The predicted octanol–water partition coefficient (Wildman–Crippen LogP) is 1.68. The molecular formula is C25H28N2O7. The molecule has 0 aliphatic carbocycles. The molecule has 2 N–H and O–H groups in total. The van der Waals surface area contributed by atoms with Gasteiger partial charge >= 0.3 is 5.97 Å². The zero-order chi connectivity index (χ0) is 24.5. The van der Waals surface area contributed by atoms with Gasteiger partial charge in [-0.3, -0.25) is 14.4 Å². The number of aliphatic hydroxyl groups is 1. The Balaban J connectivity index is 1.90. The van der Waals surface area contributed by atoms with E-state index in [1.54, 1.807) is 12.1 Å². The van der Waals surface area contributed by atoms with E-state index in [1.165, 1.54) is 25.1 Å². The number of nitrogens with one attached hydrogen (secondary N) is 1. The number of ketones is 1. The van der Waals surface area contributed by atoms with Crippen LogP contribution in [0.25, 0.3) is 0 Å². The van der Waals surface area contributed by atoms with Crippen LogP contribution in [0.15, 0.2) is 72.6 Å². The Hall–Kier alpha value is -3.53. The average molecular weight is 469 g/mol. The second-order valence-electron chi connectivity index (χ2n) is 7.64. The summed E-state index contributed by atoms with van der Waals surface area (Å²) in [5.74, 6) is -1.57. The fourth-order valence-electron chi connectivity index (χ4n) is 3.42. The number of Topliss-reactive ketones (excluding diaryl/α,β-unsaturated/α-hetero) is 1. The summed E-state index contributed by atoms with van der Waals surface area (Å²) in [6.07, 6.45) is -2.13. The van der Waals surface area contributed by atoms with Gasteiger partial charge in [-0.05, 0) is 5.56 Å². The van der Waals surface area contributed by atoms with Gasteiger partial charge in [0.1, 0.15) is 18.3 Å². The van der Waals surface area contributed by atoms with Crippen LogP contribution in [0.5, 0.6) is 0 Å². The highest BCUT2D eigenvalue weighted by molar-refractivity contribution is 6.01. The van der Waals surface area contributed by atoms with Crippen LogP contribution >= 0.6 is 0 Å². The molecule has 0 radical (unpaired) electrons. The van der Waals surface area contributed by atoms with Gasteiger partial charge in [0, 0.05) is 18.7 Å².